The molecule has 0 heterocycles. The first-order chi connectivity index (χ1) is 7.77. The monoisotopic (exact) mass is 258 g/mol. The molecule has 0 aliphatic carbocycles. The van der Waals surface area contributed by atoms with E-state index in [1.165, 1.54) is 37.7 Å². The Balaban J connectivity index is 2.44. The lowest BCUT2D eigenvalue weighted by Crippen LogP contribution is -2.00. The van der Waals surface area contributed by atoms with E-state index in [9.17, 15) is 0 Å². The van der Waals surface area contributed by atoms with Gasteiger partial charge in [0.2, 0.25) is 0 Å². The van der Waals surface area contributed by atoms with E-state index < -0.39 is 0 Å². The quantitative estimate of drug-likeness (QED) is 0.439. The van der Waals surface area contributed by atoms with E-state index in [1.54, 1.807) is 0 Å². The molecule has 0 saturated carbocycles. The highest BCUT2D eigenvalue weighted by Crippen LogP contribution is 2.25. The Kier molecular flexibility index (Phi) is 6.91. The highest BCUT2D eigenvalue weighted by Gasteiger charge is 2.09. The molecular formula is C14H20Cl2. The summed E-state index contributed by atoms with van der Waals surface area (Å²) in [6.07, 6.45) is 6.39. The van der Waals surface area contributed by atoms with E-state index in [-0.39, 0.29) is 0 Å². The van der Waals surface area contributed by atoms with Crippen molar-refractivity contribution in [1.29, 1.82) is 0 Å². The molecule has 0 aromatic heterocycles. The first-order valence-corrected chi connectivity index (χ1v) is 7.00. The van der Waals surface area contributed by atoms with Gasteiger partial charge < -0.3 is 0 Å². The van der Waals surface area contributed by atoms with E-state index in [4.69, 9.17) is 23.2 Å². The average Bonchev–Trinajstić information content (AvgIpc) is 2.31. The largest absolute Gasteiger partial charge is 0.126 e. The van der Waals surface area contributed by atoms with Gasteiger partial charge in [0.25, 0.3) is 0 Å². The van der Waals surface area contributed by atoms with E-state index >= 15 is 0 Å². The van der Waals surface area contributed by atoms with Crippen LogP contribution in [0.25, 0.3) is 0 Å². The smallest absolute Gasteiger partial charge is 0.0406 e. The zero-order chi connectivity index (χ0) is 11.8. The van der Waals surface area contributed by atoms with Crippen LogP contribution >= 0.6 is 23.2 Å². The van der Waals surface area contributed by atoms with Crippen LogP contribution < -0.4 is 0 Å². The number of halogens is 2. The summed E-state index contributed by atoms with van der Waals surface area (Å²) in [5, 5.41) is 0.794. The molecule has 2 heteroatoms. The SMILES string of the molecule is CCCCCCC(CCl)c1ccc(Cl)cc1. The molecule has 0 bridgehead atoms. The number of alkyl halides is 1. The van der Waals surface area contributed by atoms with E-state index in [0.29, 0.717) is 11.8 Å². The molecule has 0 spiro atoms. The lowest BCUT2D eigenvalue weighted by molar-refractivity contribution is 0.583. The van der Waals surface area contributed by atoms with Gasteiger partial charge in [-0.2, -0.15) is 0 Å². The Hall–Kier alpha value is -0.200. The predicted molar refractivity (Wildman–Crippen MR) is 73.7 cm³/mol. The Labute approximate surface area is 109 Å². The van der Waals surface area contributed by atoms with Gasteiger partial charge in [0.1, 0.15) is 0 Å². The number of hydrogen-bond acceptors (Lipinski definition) is 0. The molecule has 16 heavy (non-hydrogen) atoms. The molecule has 1 rings (SSSR count). The molecule has 0 fully saturated rings. The molecule has 0 amide bonds. The molecule has 0 aliphatic rings. The summed E-state index contributed by atoms with van der Waals surface area (Å²) in [6, 6.07) is 8.08. The zero-order valence-electron chi connectivity index (χ0n) is 9.89. The molecule has 0 nitrogen and oxygen atoms in total. The number of rotatable bonds is 7. The first-order valence-electron chi connectivity index (χ1n) is 6.09. The molecular weight excluding hydrogens is 239 g/mol. The molecule has 90 valence electrons. The second kappa shape index (κ2) is 7.97. The molecule has 1 aromatic carbocycles. The Morgan fingerprint density at radius 3 is 2.31 bits per heavy atom. The third kappa shape index (κ3) is 4.76. The molecule has 1 aromatic rings. The summed E-state index contributed by atoms with van der Waals surface area (Å²) in [6.45, 7) is 2.23. The summed E-state index contributed by atoms with van der Waals surface area (Å²) in [7, 11) is 0. The van der Waals surface area contributed by atoms with Crippen LogP contribution in [0.4, 0.5) is 0 Å². The fourth-order valence-corrected chi connectivity index (χ4v) is 2.34. The van der Waals surface area contributed by atoms with Gasteiger partial charge in [-0.1, -0.05) is 56.3 Å². The minimum atomic E-state index is 0.482. The number of unbranched alkanes of at least 4 members (excludes halogenated alkanes) is 3. The minimum absolute atomic E-state index is 0.482. The van der Waals surface area contributed by atoms with Crippen molar-refractivity contribution in [3.63, 3.8) is 0 Å². The fraction of sp³-hybridized carbons (Fsp3) is 0.571. The van der Waals surface area contributed by atoms with Gasteiger partial charge in [0.05, 0.1) is 0 Å². The molecule has 0 aliphatic heterocycles. The predicted octanol–water partition coefficient (Wildman–Crippen LogP) is 5.63. The van der Waals surface area contributed by atoms with Crippen LogP contribution in [-0.4, -0.2) is 5.88 Å². The highest BCUT2D eigenvalue weighted by molar-refractivity contribution is 6.30. The Morgan fingerprint density at radius 1 is 1.06 bits per heavy atom. The lowest BCUT2D eigenvalue weighted by Gasteiger charge is -2.14. The Morgan fingerprint density at radius 2 is 1.75 bits per heavy atom. The molecule has 1 atom stereocenters. The maximum absolute atomic E-state index is 6.02. The fourth-order valence-electron chi connectivity index (χ4n) is 1.89. The third-order valence-corrected chi connectivity index (χ3v) is 3.56. The third-order valence-electron chi connectivity index (χ3n) is 2.93. The topological polar surface area (TPSA) is 0 Å². The van der Waals surface area contributed by atoms with Crippen molar-refractivity contribution in [1.82, 2.24) is 0 Å². The minimum Gasteiger partial charge on any atom is -0.126 e. The number of hydrogen-bond donors (Lipinski definition) is 0. The van der Waals surface area contributed by atoms with E-state index in [1.807, 2.05) is 12.1 Å². The average molecular weight is 259 g/mol. The van der Waals surface area contributed by atoms with Gasteiger partial charge in [-0.15, -0.1) is 11.6 Å². The Bertz CT molecular complexity index is 279. The van der Waals surface area contributed by atoms with Crippen molar-refractivity contribution in [3.05, 3.63) is 34.9 Å². The summed E-state index contributed by atoms with van der Waals surface area (Å²) in [5.41, 5.74) is 1.32. The lowest BCUT2D eigenvalue weighted by atomic mass is 9.95. The summed E-state index contributed by atoms with van der Waals surface area (Å²) >= 11 is 11.9. The van der Waals surface area contributed by atoms with Gasteiger partial charge in [-0.05, 0) is 30.0 Å². The van der Waals surface area contributed by atoms with Crippen molar-refractivity contribution in [2.24, 2.45) is 0 Å². The van der Waals surface area contributed by atoms with Gasteiger partial charge >= 0.3 is 0 Å². The van der Waals surface area contributed by atoms with Gasteiger partial charge in [-0.25, -0.2) is 0 Å². The van der Waals surface area contributed by atoms with Crippen LogP contribution in [0.5, 0.6) is 0 Å². The maximum atomic E-state index is 6.02. The summed E-state index contributed by atoms with van der Waals surface area (Å²) in [5.74, 6) is 1.18. The molecule has 0 saturated heterocycles. The van der Waals surface area contributed by atoms with Gasteiger partial charge in [0.15, 0.2) is 0 Å². The van der Waals surface area contributed by atoms with Crippen molar-refractivity contribution >= 4 is 23.2 Å². The van der Waals surface area contributed by atoms with Crippen LogP contribution in [-0.2, 0) is 0 Å². The summed E-state index contributed by atoms with van der Waals surface area (Å²) < 4.78 is 0. The standard InChI is InChI=1S/C14H20Cl2/c1-2-3-4-5-6-13(11-15)12-7-9-14(16)10-8-12/h7-10,13H,2-6,11H2,1H3. The number of benzene rings is 1. The van der Waals surface area contributed by atoms with Crippen molar-refractivity contribution in [3.8, 4) is 0 Å². The van der Waals surface area contributed by atoms with Crippen LogP contribution in [0.2, 0.25) is 5.02 Å². The van der Waals surface area contributed by atoms with Crippen molar-refractivity contribution in [2.75, 3.05) is 5.88 Å². The maximum Gasteiger partial charge on any atom is 0.0406 e. The van der Waals surface area contributed by atoms with Gasteiger partial charge in [0, 0.05) is 10.9 Å². The van der Waals surface area contributed by atoms with Crippen molar-refractivity contribution < 1.29 is 0 Å². The van der Waals surface area contributed by atoms with Crippen LogP contribution in [0.3, 0.4) is 0 Å². The van der Waals surface area contributed by atoms with E-state index in [2.05, 4.69) is 19.1 Å². The van der Waals surface area contributed by atoms with Crippen LogP contribution in [0.1, 0.15) is 50.5 Å². The second-order valence-electron chi connectivity index (χ2n) is 4.25. The zero-order valence-corrected chi connectivity index (χ0v) is 11.4. The highest BCUT2D eigenvalue weighted by atomic mass is 35.5. The van der Waals surface area contributed by atoms with Crippen LogP contribution in [0, 0.1) is 0 Å². The van der Waals surface area contributed by atoms with Crippen LogP contribution in [0.15, 0.2) is 24.3 Å². The first kappa shape index (κ1) is 13.9. The van der Waals surface area contributed by atoms with Crippen molar-refractivity contribution in [2.45, 2.75) is 44.9 Å². The van der Waals surface area contributed by atoms with Gasteiger partial charge in [-0.3, -0.25) is 0 Å². The normalized spacial score (nSPS) is 12.7. The van der Waals surface area contributed by atoms with E-state index in [0.717, 1.165) is 5.02 Å². The molecule has 1 unspecified atom stereocenters. The summed E-state index contributed by atoms with van der Waals surface area (Å²) in [4.78, 5) is 0. The molecule has 0 N–H and O–H groups in total. The second-order valence-corrected chi connectivity index (χ2v) is 5.00. The molecule has 0 radical (unpaired) electrons.